The lowest BCUT2D eigenvalue weighted by Crippen LogP contribution is -2.57. The van der Waals surface area contributed by atoms with Crippen molar-refractivity contribution in [2.24, 2.45) is 5.92 Å². The van der Waals surface area contributed by atoms with E-state index in [1.54, 1.807) is 18.2 Å². The molecule has 0 saturated carbocycles. The van der Waals surface area contributed by atoms with E-state index < -0.39 is 5.54 Å². The number of carbonyl (C=O) groups excluding carboxylic acids is 2. The molecule has 1 atom stereocenters. The highest BCUT2D eigenvalue weighted by atomic mass is 19.1. The number of rotatable bonds is 5. The minimum atomic E-state index is -1.07. The topological polar surface area (TPSA) is 61.4 Å². The molecule has 1 aromatic rings. The van der Waals surface area contributed by atoms with Crippen LogP contribution in [0.15, 0.2) is 35.9 Å². The van der Waals surface area contributed by atoms with Crippen molar-refractivity contribution >= 4 is 11.9 Å². The summed E-state index contributed by atoms with van der Waals surface area (Å²) in [6, 6.07) is 6.09. The Morgan fingerprint density at radius 2 is 1.96 bits per heavy atom. The molecule has 3 rings (SSSR count). The SMILES string of the molecule is CC(C)=CCN1C(=O)N[C@](Cc2ccccc2F)(C2CCNCC2)C1=O. The Balaban J connectivity index is 1.96. The molecular formula is C20H26FN3O2. The first kappa shape index (κ1) is 18.6. The molecule has 2 saturated heterocycles. The molecule has 3 amide bonds. The summed E-state index contributed by atoms with van der Waals surface area (Å²) in [4.78, 5) is 27.2. The molecule has 26 heavy (non-hydrogen) atoms. The third-order valence-electron chi connectivity index (χ3n) is 5.35. The molecule has 5 nitrogen and oxygen atoms in total. The van der Waals surface area contributed by atoms with E-state index in [4.69, 9.17) is 0 Å². The zero-order valence-electron chi connectivity index (χ0n) is 15.3. The Hall–Kier alpha value is -2.21. The first-order chi connectivity index (χ1) is 12.4. The molecule has 2 aliphatic rings. The van der Waals surface area contributed by atoms with Gasteiger partial charge in [-0.2, -0.15) is 0 Å². The molecule has 0 unspecified atom stereocenters. The Morgan fingerprint density at radius 1 is 1.27 bits per heavy atom. The monoisotopic (exact) mass is 359 g/mol. The number of amides is 3. The van der Waals surface area contributed by atoms with Gasteiger partial charge in [-0.25, -0.2) is 9.18 Å². The van der Waals surface area contributed by atoms with Crippen LogP contribution in [0.4, 0.5) is 9.18 Å². The Labute approximate surface area is 153 Å². The Morgan fingerprint density at radius 3 is 2.62 bits per heavy atom. The third-order valence-corrected chi connectivity index (χ3v) is 5.35. The predicted octanol–water partition coefficient (Wildman–Crippen LogP) is 2.62. The van der Waals surface area contributed by atoms with Gasteiger partial charge >= 0.3 is 6.03 Å². The highest BCUT2D eigenvalue weighted by molar-refractivity contribution is 6.07. The number of halogens is 1. The van der Waals surface area contributed by atoms with Crippen LogP contribution in [-0.4, -0.2) is 42.0 Å². The second kappa shape index (κ2) is 7.58. The Bertz CT molecular complexity index is 724. The van der Waals surface area contributed by atoms with Crippen LogP contribution in [0.3, 0.4) is 0 Å². The summed E-state index contributed by atoms with van der Waals surface area (Å²) in [5, 5.41) is 6.24. The molecule has 0 aliphatic carbocycles. The number of hydrogen-bond donors (Lipinski definition) is 2. The van der Waals surface area contributed by atoms with Crippen molar-refractivity contribution in [3.05, 3.63) is 47.3 Å². The van der Waals surface area contributed by atoms with E-state index in [1.165, 1.54) is 11.0 Å². The van der Waals surface area contributed by atoms with Gasteiger partial charge in [-0.05, 0) is 57.3 Å². The maximum atomic E-state index is 14.3. The van der Waals surface area contributed by atoms with Crippen molar-refractivity contribution in [3.8, 4) is 0 Å². The maximum absolute atomic E-state index is 14.3. The van der Waals surface area contributed by atoms with Crippen molar-refractivity contribution in [3.63, 3.8) is 0 Å². The van der Waals surface area contributed by atoms with Gasteiger partial charge in [-0.1, -0.05) is 29.8 Å². The predicted molar refractivity (Wildman–Crippen MR) is 98.1 cm³/mol. The number of hydrogen-bond acceptors (Lipinski definition) is 3. The smallest absolute Gasteiger partial charge is 0.322 e. The van der Waals surface area contributed by atoms with Crippen molar-refractivity contribution in [2.45, 2.75) is 38.6 Å². The fraction of sp³-hybridized carbons (Fsp3) is 0.500. The molecule has 0 bridgehead atoms. The van der Waals surface area contributed by atoms with Crippen LogP contribution in [0.25, 0.3) is 0 Å². The van der Waals surface area contributed by atoms with E-state index in [0.717, 1.165) is 31.5 Å². The van der Waals surface area contributed by atoms with Crippen molar-refractivity contribution in [1.29, 1.82) is 0 Å². The number of nitrogens with one attached hydrogen (secondary N) is 2. The van der Waals surface area contributed by atoms with E-state index in [2.05, 4.69) is 10.6 Å². The summed E-state index contributed by atoms with van der Waals surface area (Å²) in [5.74, 6) is -0.600. The minimum Gasteiger partial charge on any atom is -0.322 e. The van der Waals surface area contributed by atoms with Gasteiger partial charge in [-0.3, -0.25) is 9.69 Å². The van der Waals surface area contributed by atoms with E-state index in [1.807, 2.05) is 19.9 Å². The van der Waals surface area contributed by atoms with Crippen LogP contribution in [0, 0.1) is 11.7 Å². The van der Waals surface area contributed by atoms with Gasteiger partial charge in [0.1, 0.15) is 11.4 Å². The maximum Gasteiger partial charge on any atom is 0.325 e. The molecule has 2 N–H and O–H groups in total. The van der Waals surface area contributed by atoms with Gasteiger partial charge in [0.15, 0.2) is 0 Å². The molecule has 6 heteroatoms. The van der Waals surface area contributed by atoms with E-state index in [-0.39, 0.29) is 36.6 Å². The van der Waals surface area contributed by atoms with Crippen LogP contribution < -0.4 is 10.6 Å². The largest absolute Gasteiger partial charge is 0.325 e. The van der Waals surface area contributed by atoms with Crippen molar-refractivity contribution < 1.29 is 14.0 Å². The lowest BCUT2D eigenvalue weighted by molar-refractivity contribution is -0.133. The quantitative estimate of drug-likeness (QED) is 0.628. The molecular weight excluding hydrogens is 333 g/mol. The number of nitrogens with zero attached hydrogens (tertiary/aromatic N) is 1. The van der Waals surface area contributed by atoms with Gasteiger partial charge in [0.25, 0.3) is 5.91 Å². The van der Waals surface area contributed by atoms with Gasteiger partial charge < -0.3 is 10.6 Å². The zero-order valence-corrected chi connectivity index (χ0v) is 15.3. The standard InChI is InChI=1S/C20H26FN3O2/c1-14(2)9-12-24-18(25)20(23-19(24)26,16-7-10-22-11-8-16)13-15-5-3-4-6-17(15)21/h3-6,9,16,22H,7-8,10-13H2,1-2H3,(H,23,26)/t20-/m1/s1. The fourth-order valence-corrected chi connectivity index (χ4v) is 3.88. The molecule has 1 aromatic carbocycles. The number of urea groups is 1. The minimum absolute atomic E-state index is 0.0171. The first-order valence-corrected chi connectivity index (χ1v) is 9.15. The average Bonchev–Trinajstić information content (AvgIpc) is 2.87. The van der Waals surface area contributed by atoms with Crippen LogP contribution >= 0.6 is 0 Å². The molecule has 0 radical (unpaired) electrons. The summed E-state index contributed by atoms with van der Waals surface area (Å²) < 4.78 is 14.3. The van der Waals surface area contributed by atoms with E-state index >= 15 is 0 Å². The van der Waals surface area contributed by atoms with Gasteiger partial charge in [0.05, 0.1) is 0 Å². The van der Waals surface area contributed by atoms with E-state index in [9.17, 15) is 14.0 Å². The lowest BCUT2D eigenvalue weighted by Gasteiger charge is -2.38. The van der Waals surface area contributed by atoms with Gasteiger partial charge in [-0.15, -0.1) is 0 Å². The van der Waals surface area contributed by atoms with Gasteiger partial charge in [0.2, 0.25) is 0 Å². The molecule has 2 aliphatic heterocycles. The Kier molecular flexibility index (Phi) is 5.41. The molecule has 140 valence electrons. The molecule has 2 heterocycles. The summed E-state index contributed by atoms with van der Waals surface area (Å²) in [6.45, 7) is 5.69. The van der Waals surface area contributed by atoms with Crippen LogP contribution in [0.5, 0.6) is 0 Å². The molecule has 0 aromatic heterocycles. The summed E-state index contributed by atoms with van der Waals surface area (Å²) in [7, 11) is 0. The summed E-state index contributed by atoms with van der Waals surface area (Å²) in [6.07, 6.45) is 3.59. The summed E-state index contributed by atoms with van der Waals surface area (Å²) >= 11 is 0. The van der Waals surface area contributed by atoms with Crippen LogP contribution in [-0.2, 0) is 11.2 Å². The van der Waals surface area contributed by atoms with Crippen LogP contribution in [0.2, 0.25) is 0 Å². The number of benzene rings is 1. The number of allylic oxidation sites excluding steroid dienone is 1. The zero-order chi connectivity index (χ0) is 18.7. The number of imide groups is 1. The average molecular weight is 359 g/mol. The highest BCUT2D eigenvalue weighted by Crippen LogP contribution is 2.35. The highest BCUT2D eigenvalue weighted by Gasteiger charge is 2.55. The number of carbonyl (C=O) groups is 2. The van der Waals surface area contributed by atoms with Gasteiger partial charge in [0, 0.05) is 13.0 Å². The fourth-order valence-electron chi connectivity index (χ4n) is 3.88. The summed E-state index contributed by atoms with van der Waals surface area (Å²) in [5.41, 5.74) is 0.430. The van der Waals surface area contributed by atoms with Crippen molar-refractivity contribution in [1.82, 2.24) is 15.5 Å². The van der Waals surface area contributed by atoms with Crippen LogP contribution in [0.1, 0.15) is 32.3 Å². The third kappa shape index (κ3) is 3.51. The second-order valence-electron chi connectivity index (χ2n) is 7.39. The number of piperidine rings is 1. The molecule has 0 spiro atoms. The van der Waals surface area contributed by atoms with E-state index in [0.29, 0.717) is 5.56 Å². The first-order valence-electron chi connectivity index (χ1n) is 9.15. The van der Waals surface area contributed by atoms with Crippen molar-refractivity contribution in [2.75, 3.05) is 19.6 Å². The lowest BCUT2D eigenvalue weighted by atomic mass is 9.74. The normalized spacial score (nSPS) is 23.9. The molecule has 2 fully saturated rings. The second-order valence-corrected chi connectivity index (χ2v) is 7.39.